The molecule has 1 aliphatic rings. The highest BCUT2D eigenvalue weighted by atomic mass is 15.3. The van der Waals surface area contributed by atoms with Crippen molar-refractivity contribution in [3.05, 3.63) is 17.0 Å². The molecule has 1 N–H and O–H groups in total. The molecule has 0 aliphatic carbocycles. The first-order valence-electron chi connectivity index (χ1n) is 7.48. The van der Waals surface area contributed by atoms with Crippen LogP contribution in [-0.4, -0.2) is 39.9 Å². The molecule has 19 heavy (non-hydrogen) atoms. The summed E-state index contributed by atoms with van der Waals surface area (Å²) in [5.41, 5.74) is 4.35. The number of nitrogens with zero attached hydrogens (tertiary/aromatic N) is 3. The molecule has 1 aromatic heterocycles. The number of nitrogens with one attached hydrogen (secondary N) is 1. The summed E-state index contributed by atoms with van der Waals surface area (Å²) in [6, 6.07) is 0. The summed E-state index contributed by atoms with van der Waals surface area (Å²) in [5, 5.41) is 8.25. The highest BCUT2D eigenvalue weighted by Gasteiger charge is 2.27. The van der Waals surface area contributed by atoms with Gasteiger partial charge in [-0.15, -0.1) is 0 Å². The van der Waals surface area contributed by atoms with Crippen molar-refractivity contribution in [1.29, 1.82) is 0 Å². The van der Waals surface area contributed by atoms with Crippen LogP contribution in [0.1, 0.15) is 44.6 Å². The second-order valence-corrected chi connectivity index (χ2v) is 6.22. The van der Waals surface area contributed by atoms with E-state index >= 15 is 0 Å². The summed E-state index contributed by atoms with van der Waals surface area (Å²) in [5.74, 6) is 0. The van der Waals surface area contributed by atoms with Gasteiger partial charge in [-0.2, -0.15) is 5.10 Å². The molecule has 0 atom stereocenters. The molecule has 0 radical (unpaired) electrons. The lowest BCUT2D eigenvalue weighted by Crippen LogP contribution is -2.56. The molecule has 4 heteroatoms. The first-order valence-corrected chi connectivity index (χ1v) is 7.48. The molecule has 1 aliphatic heterocycles. The molecule has 4 nitrogen and oxygen atoms in total. The Morgan fingerprint density at radius 1 is 1.26 bits per heavy atom. The summed E-state index contributed by atoms with van der Waals surface area (Å²) in [4.78, 5) is 2.56. The Kier molecular flexibility index (Phi) is 4.31. The van der Waals surface area contributed by atoms with E-state index in [0.717, 1.165) is 39.0 Å². The predicted octanol–water partition coefficient (Wildman–Crippen LogP) is 1.73. The zero-order valence-electron chi connectivity index (χ0n) is 13.1. The molecule has 108 valence electrons. The molecule has 0 bridgehead atoms. The van der Waals surface area contributed by atoms with Crippen molar-refractivity contribution in [3.63, 3.8) is 0 Å². The molecule has 2 rings (SSSR count). The van der Waals surface area contributed by atoms with Gasteiger partial charge in [0.25, 0.3) is 0 Å². The third-order valence-corrected chi connectivity index (χ3v) is 4.06. The van der Waals surface area contributed by atoms with Gasteiger partial charge in [-0.3, -0.25) is 9.58 Å². The number of hydrogen-bond donors (Lipinski definition) is 1. The van der Waals surface area contributed by atoms with Crippen molar-refractivity contribution in [1.82, 2.24) is 20.0 Å². The fourth-order valence-electron chi connectivity index (χ4n) is 3.18. The van der Waals surface area contributed by atoms with Crippen LogP contribution >= 0.6 is 0 Å². The molecule has 0 amide bonds. The second kappa shape index (κ2) is 5.63. The summed E-state index contributed by atoms with van der Waals surface area (Å²) >= 11 is 0. The lowest BCUT2D eigenvalue weighted by atomic mass is 10.0. The molecule has 1 fully saturated rings. The van der Waals surface area contributed by atoms with Crippen molar-refractivity contribution >= 4 is 0 Å². The van der Waals surface area contributed by atoms with Crippen molar-refractivity contribution in [2.45, 2.75) is 52.6 Å². The first kappa shape index (κ1) is 14.5. The number of rotatable bonds is 4. The van der Waals surface area contributed by atoms with Crippen LogP contribution in [0.2, 0.25) is 0 Å². The van der Waals surface area contributed by atoms with E-state index in [9.17, 15) is 0 Å². The Labute approximate surface area is 117 Å². The minimum atomic E-state index is 0.221. The summed E-state index contributed by atoms with van der Waals surface area (Å²) < 4.78 is 2.07. The highest BCUT2D eigenvalue weighted by molar-refractivity contribution is 5.26. The maximum atomic E-state index is 4.68. The van der Waals surface area contributed by atoms with Crippen LogP contribution in [0.5, 0.6) is 0 Å². The van der Waals surface area contributed by atoms with E-state index in [-0.39, 0.29) is 5.54 Å². The normalized spacial score (nSPS) is 19.8. The van der Waals surface area contributed by atoms with E-state index < -0.39 is 0 Å². The van der Waals surface area contributed by atoms with E-state index in [0.29, 0.717) is 0 Å². The number of piperazine rings is 1. The van der Waals surface area contributed by atoms with Gasteiger partial charge in [0.2, 0.25) is 0 Å². The molecule has 0 saturated carbocycles. The van der Waals surface area contributed by atoms with E-state index in [1.54, 1.807) is 0 Å². The van der Waals surface area contributed by atoms with E-state index in [1.165, 1.54) is 17.0 Å². The minimum Gasteiger partial charge on any atom is -0.309 e. The average molecular weight is 264 g/mol. The molecule has 2 heterocycles. The highest BCUT2D eigenvalue weighted by Crippen LogP contribution is 2.20. The van der Waals surface area contributed by atoms with Crippen molar-refractivity contribution in [3.8, 4) is 0 Å². The van der Waals surface area contributed by atoms with Crippen LogP contribution in [0.25, 0.3) is 0 Å². The smallest absolute Gasteiger partial charge is 0.0669 e. The standard InChI is InChI=1S/C15H28N4/c1-6-13-12(14(7-2)18(5)17-13)10-19-9-8-16-15(3,4)11-19/h16H,6-11H2,1-5H3. The summed E-state index contributed by atoms with van der Waals surface area (Å²) in [6.45, 7) is 13.3. The Morgan fingerprint density at radius 3 is 2.58 bits per heavy atom. The lowest BCUT2D eigenvalue weighted by molar-refractivity contribution is 0.147. The molecular weight excluding hydrogens is 236 g/mol. The minimum absolute atomic E-state index is 0.221. The fourth-order valence-corrected chi connectivity index (χ4v) is 3.18. The number of aryl methyl sites for hydroxylation is 2. The molecule has 0 aromatic carbocycles. The third kappa shape index (κ3) is 3.18. The van der Waals surface area contributed by atoms with Crippen LogP contribution in [0, 0.1) is 0 Å². The van der Waals surface area contributed by atoms with Crippen molar-refractivity contribution in [2.75, 3.05) is 19.6 Å². The summed E-state index contributed by atoms with van der Waals surface area (Å²) in [7, 11) is 2.07. The zero-order chi connectivity index (χ0) is 14.0. The number of aromatic nitrogens is 2. The summed E-state index contributed by atoms with van der Waals surface area (Å²) in [6.07, 6.45) is 2.09. The van der Waals surface area contributed by atoms with Gasteiger partial charge in [-0.1, -0.05) is 13.8 Å². The molecular formula is C15H28N4. The van der Waals surface area contributed by atoms with Gasteiger partial charge in [-0.05, 0) is 26.7 Å². The molecule has 1 saturated heterocycles. The van der Waals surface area contributed by atoms with E-state index in [4.69, 9.17) is 0 Å². The van der Waals surface area contributed by atoms with Gasteiger partial charge in [0.15, 0.2) is 0 Å². The van der Waals surface area contributed by atoms with E-state index in [2.05, 4.69) is 54.7 Å². The van der Waals surface area contributed by atoms with Gasteiger partial charge in [0.1, 0.15) is 0 Å². The van der Waals surface area contributed by atoms with Crippen molar-refractivity contribution in [2.24, 2.45) is 7.05 Å². The topological polar surface area (TPSA) is 33.1 Å². The SMILES string of the molecule is CCc1nn(C)c(CC)c1CN1CCNC(C)(C)C1. The van der Waals surface area contributed by atoms with Crippen LogP contribution in [0.4, 0.5) is 0 Å². The van der Waals surface area contributed by atoms with Crippen LogP contribution in [-0.2, 0) is 26.4 Å². The van der Waals surface area contributed by atoms with Gasteiger partial charge in [0.05, 0.1) is 5.69 Å². The lowest BCUT2D eigenvalue weighted by Gasteiger charge is -2.39. The van der Waals surface area contributed by atoms with Crippen LogP contribution < -0.4 is 5.32 Å². The molecule has 0 spiro atoms. The average Bonchev–Trinajstić information content (AvgIpc) is 2.63. The Hall–Kier alpha value is -0.870. The molecule has 0 unspecified atom stereocenters. The van der Waals surface area contributed by atoms with Crippen LogP contribution in [0.3, 0.4) is 0 Å². The van der Waals surface area contributed by atoms with Gasteiger partial charge in [0, 0.05) is 50.0 Å². The Morgan fingerprint density at radius 2 is 2.00 bits per heavy atom. The van der Waals surface area contributed by atoms with Crippen LogP contribution in [0.15, 0.2) is 0 Å². The van der Waals surface area contributed by atoms with E-state index in [1.807, 2.05) is 0 Å². The second-order valence-electron chi connectivity index (χ2n) is 6.22. The van der Waals surface area contributed by atoms with Gasteiger partial charge >= 0.3 is 0 Å². The van der Waals surface area contributed by atoms with Gasteiger partial charge < -0.3 is 5.32 Å². The number of hydrogen-bond acceptors (Lipinski definition) is 3. The van der Waals surface area contributed by atoms with Gasteiger partial charge in [-0.25, -0.2) is 0 Å². The largest absolute Gasteiger partial charge is 0.309 e. The maximum absolute atomic E-state index is 4.68. The third-order valence-electron chi connectivity index (χ3n) is 4.06. The fraction of sp³-hybridized carbons (Fsp3) is 0.800. The Balaban J connectivity index is 2.18. The first-order chi connectivity index (χ1) is 8.96. The quantitative estimate of drug-likeness (QED) is 0.899. The zero-order valence-corrected chi connectivity index (χ0v) is 13.1. The van der Waals surface area contributed by atoms with Crippen molar-refractivity contribution < 1.29 is 0 Å². The predicted molar refractivity (Wildman–Crippen MR) is 79.3 cm³/mol. The molecule has 1 aromatic rings. The Bertz CT molecular complexity index is 434. The maximum Gasteiger partial charge on any atom is 0.0669 e. The monoisotopic (exact) mass is 264 g/mol.